The van der Waals surface area contributed by atoms with E-state index in [9.17, 15) is 9.59 Å². The van der Waals surface area contributed by atoms with Crippen LogP contribution in [-0.4, -0.2) is 35.7 Å². The second kappa shape index (κ2) is 2.64. The smallest absolute Gasteiger partial charge is 0.324 e. The second-order valence-corrected chi connectivity index (χ2v) is 6.14. The summed E-state index contributed by atoms with van der Waals surface area (Å²) >= 11 is 1.70. The van der Waals surface area contributed by atoms with Crippen LogP contribution < -0.4 is 0 Å². The summed E-state index contributed by atoms with van der Waals surface area (Å²) in [5.74, 6) is 0.742. The van der Waals surface area contributed by atoms with E-state index in [2.05, 4.69) is 0 Å². The maximum Gasteiger partial charge on any atom is 0.324 e. The Labute approximate surface area is 97.0 Å². The quantitative estimate of drug-likeness (QED) is 0.462. The first-order valence-electron chi connectivity index (χ1n) is 5.72. The summed E-state index contributed by atoms with van der Waals surface area (Å²) in [6.07, 6.45) is 2.67. The molecule has 4 unspecified atom stereocenters. The molecule has 0 amide bonds. The zero-order valence-corrected chi connectivity index (χ0v) is 9.55. The van der Waals surface area contributed by atoms with E-state index < -0.39 is 10.8 Å². The van der Waals surface area contributed by atoms with Crippen molar-refractivity contribution in [2.45, 2.75) is 31.5 Å². The number of carbonyl (C=O) groups excluding carboxylic acids is 2. The van der Waals surface area contributed by atoms with E-state index in [1.54, 1.807) is 11.8 Å². The predicted molar refractivity (Wildman–Crippen MR) is 55.8 cm³/mol. The molecule has 4 heterocycles. The van der Waals surface area contributed by atoms with Crippen molar-refractivity contribution in [2.24, 2.45) is 10.8 Å². The third-order valence-corrected chi connectivity index (χ3v) is 6.05. The molecule has 0 aromatic heterocycles. The van der Waals surface area contributed by atoms with E-state index in [1.165, 1.54) is 0 Å². The van der Waals surface area contributed by atoms with Gasteiger partial charge < -0.3 is 9.47 Å². The first-order chi connectivity index (χ1) is 7.72. The summed E-state index contributed by atoms with van der Waals surface area (Å²) in [5.41, 5.74) is -1.29. The Hall–Kier alpha value is -0.550. The largest absolute Gasteiger partial charge is 0.392 e. The Morgan fingerprint density at radius 2 is 1.62 bits per heavy atom. The molecule has 2 bridgehead atoms. The van der Waals surface area contributed by atoms with Gasteiger partial charge in [-0.2, -0.15) is 11.8 Å². The number of fused-ring (bicyclic) bond motifs is 2. The molecule has 0 aromatic carbocycles. The van der Waals surface area contributed by atoms with E-state index in [0.29, 0.717) is 11.5 Å². The van der Waals surface area contributed by atoms with Gasteiger partial charge in [0.2, 0.25) is 0 Å². The minimum Gasteiger partial charge on any atom is -0.392 e. The van der Waals surface area contributed by atoms with E-state index in [4.69, 9.17) is 9.47 Å². The summed E-state index contributed by atoms with van der Waals surface area (Å²) in [7, 11) is 0. The molecule has 0 aromatic rings. The van der Waals surface area contributed by atoms with Gasteiger partial charge in [0.25, 0.3) is 0 Å². The van der Waals surface area contributed by atoms with Crippen LogP contribution in [0, 0.1) is 10.8 Å². The molecular formula is C11H12O4S. The molecule has 16 heavy (non-hydrogen) atoms. The Kier molecular flexibility index (Phi) is 1.57. The summed E-state index contributed by atoms with van der Waals surface area (Å²) in [6.45, 7) is 0. The molecule has 4 saturated heterocycles. The highest BCUT2D eigenvalue weighted by molar-refractivity contribution is 7.99. The van der Waals surface area contributed by atoms with E-state index in [0.717, 1.165) is 19.3 Å². The highest BCUT2D eigenvalue weighted by atomic mass is 32.2. The molecule has 4 fully saturated rings. The lowest BCUT2D eigenvalue weighted by atomic mass is 9.64. The molecular weight excluding hydrogens is 228 g/mol. The molecule has 4 nitrogen and oxygen atoms in total. The number of hydrogen-bond donors (Lipinski definition) is 0. The van der Waals surface area contributed by atoms with Crippen LogP contribution in [0.4, 0.5) is 0 Å². The van der Waals surface area contributed by atoms with Crippen molar-refractivity contribution in [1.29, 1.82) is 0 Å². The fraction of sp³-hybridized carbons (Fsp3) is 0.818. The van der Waals surface area contributed by atoms with Gasteiger partial charge in [0.1, 0.15) is 10.8 Å². The van der Waals surface area contributed by atoms with Crippen LogP contribution in [0.5, 0.6) is 0 Å². The molecule has 0 spiro atoms. The molecule has 86 valence electrons. The lowest BCUT2D eigenvalue weighted by molar-refractivity contribution is -0.162. The molecule has 4 atom stereocenters. The van der Waals surface area contributed by atoms with E-state index >= 15 is 0 Å². The Morgan fingerprint density at radius 3 is 2.19 bits per heavy atom. The first kappa shape index (κ1) is 9.48. The SMILES string of the molecule is O=C1OC(=O)C23CSCC12C1CCCC3O1. The van der Waals surface area contributed by atoms with E-state index in [-0.39, 0.29) is 24.1 Å². The third-order valence-electron chi connectivity index (χ3n) is 4.73. The van der Waals surface area contributed by atoms with Crippen LogP contribution >= 0.6 is 11.8 Å². The molecule has 4 aliphatic rings. The number of ether oxygens (including phenoxy) is 2. The maximum atomic E-state index is 12.1. The van der Waals surface area contributed by atoms with Gasteiger partial charge in [0.05, 0.1) is 12.2 Å². The molecule has 0 aliphatic carbocycles. The van der Waals surface area contributed by atoms with Gasteiger partial charge in [-0.1, -0.05) is 0 Å². The predicted octanol–water partition coefficient (Wildman–Crippen LogP) is 0.741. The summed E-state index contributed by atoms with van der Waals surface area (Å²) in [6, 6.07) is 0. The van der Waals surface area contributed by atoms with Crippen molar-refractivity contribution < 1.29 is 19.1 Å². The zero-order valence-electron chi connectivity index (χ0n) is 8.73. The Balaban J connectivity index is 1.98. The van der Waals surface area contributed by atoms with Crippen molar-refractivity contribution >= 4 is 23.7 Å². The lowest BCUT2D eigenvalue weighted by Crippen LogP contribution is -2.47. The highest BCUT2D eigenvalue weighted by Crippen LogP contribution is 2.67. The van der Waals surface area contributed by atoms with Gasteiger partial charge in [-0.15, -0.1) is 0 Å². The van der Waals surface area contributed by atoms with Crippen LogP contribution in [0.25, 0.3) is 0 Å². The molecule has 4 aliphatic heterocycles. The van der Waals surface area contributed by atoms with Crippen LogP contribution in [0.2, 0.25) is 0 Å². The zero-order chi connectivity index (χ0) is 11.0. The van der Waals surface area contributed by atoms with Crippen LogP contribution in [-0.2, 0) is 19.1 Å². The van der Waals surface area contributed by atoms with Gasteiger partial charge in [-0.25, -0.2) is 0 Å². The third kappa shape index (κ3) is 0.703. The van der Waals surface area contributed by atoms with Crippen LogP contribution in [0.3, 0.4) is 0 Å². The number of esters is 2. The number of rotatable bonds is 0. The fourth-order valence-electron chi connectivity index (χ4n) is 3.95. The van der Waals surface area contributed by atoms with E-state index in [1.807, 2.05) is 0 Å². The van der Waals surface area contributed by atoms with Crippen molar-refractivity contribution in [3.63, 3.8) is 0 Å². The number of hydrogen-bond acceptors (Lipinski definition) is 5. The minimum atomic E-state index is -0.643. The normalized spacial score (nSPS) is 53.8. The molecule has 0 radical (unpaired) electrons. The topological polar surface area (TPSA) is 52.6 Å². The van der Waals surface area contributed by atoms with Crippen molar-refractivity contribution in [1.82, 2.24) is 0 Å². The van der Waals surface area contributed by atoms with Gasteiger partial charge in [-0.3, -0.25) is 9.59 Å². The highest BCUT2D eigenvalue weighted by Gasteiger charge is 2.81. The van der Waals surface area contributed by atoms with Gasteiger partial charge in [-0.05, 0) is 19.3 Å². The van der Waals surface area contributed by atoms with Crippen LogP contribution in [0.15, 0.2) is 0 Å². The average molecular weight is 240 g/mol. The number of thioether (sulfide) groups is 1. The maximum absolute atomic E-state index is 12.1. The first-order valence-corrected chi connectivity index (χ1v) is 6.87. The van der Waals surface area contributed by atoms with Crippen molar-refractivity contribution in [3.8, 4) is 0 Å². The molecule has 0 N–H and O–H groups in total. The summed E-state index contributed by atoms with van der Waals surface area (Å²) < 4.78 is 10.9. The minimum absolute atomic E-state index is 0.0831. The van der Waals surface area contributed by atoms with Gasteiger partial charge in [0.15, 0.2) is 0 Å². The standard InChI is InChI=1S/C11H12O4S/c12-8-10-4-16-5-11(10,9(13)15-8)7-3-1-2-6(10)14-7/h6-7H,1-5H2. The van der Waals surface area contributed by atoms with Crippen molar-refractivity contribution in [3.05, 3.63) is 0 Å². The fourth-order valence-corrected chi connectivity index (χ4v) is 5.82. The second-order valence-electron chi connectivity index (χ2n) is 5.16. The number of cyclic esters (lactones) is 2. The summed E-state index contributed by atoms with van der Waals surface area (Å²) in [5, 5.41) is 0. The number of carbonyl (C=O) groups is 2. The summed E-state index contributed by atoms with van der Waals surface area (Å²) in [4.78, 5) is 24.1. The average Bonchev–Trinajstić information content (AvgIpc) is 2.83. The van der Waals surface area contributed by atoms with Gasteiger partial charge >= 0.3 is 11.9 Å². The molecule has 4 rings (SSSR count). The van der Waals surface area contributed by atoms with Gasteiger partial charge in [0, 0.05) is 11.5 Å². The monoisotopic (exact) mass is 240 g/mol. The molecule has 5 heteroatoms. The Bertz CT molecular complexity index is 375. The Morgan fingerprint density at radius 1 is 1.06 bits per heavy atom. The lowest BCUT2D eigenvalue weighted by Gasteiger charge is -2.27. The molecule has 0 saturated carbocycles. The van der Waals surface area contributed by atoms with Crippen LogP contribution in [0.1, 0.15) is 19.3 Å². The van der Waals surface area contributed by atoms with Crippen molar-refractivity contribution in [2.75, 3.05) is 11.5 Å².